The minimum Gasteiger partial charge on any atom is -0.445 e. The Morgan fingerprint density at radius 1 is 0.938 bits per heavy atom. The van der Waals surface area contributed by atoms with Crippen LogP contribution in [0.3, 0.4) is 0 Å². The monoisotopic (exact) mass is 448 g/mol. The van der Waals surface area contributed by atoms with Gasteiger partial charge in [0.05, 0.1) is 12.1 Å². The molecule has 0 aromatic carbocycles. The van der Waals surface area contributed by atoms with E-state index in [0.717, 1.165) is 71.4 Å². The smallest absolute Gasteiger partial charge is 0.410 e. The Balaban J connectivity index is 1.28. The second-order valence-corrected chi connectivity index (χ2v) is 10.6. The van der Waals surface area contributed by atoms with Crippen LogP contribution in [0.5, 0.6) is 0 Å². The normalized spacial score (nSPS) is 38.8. The zero-order valence-electron chi connectivity index (χ0n) is 19.6. The van der Waals surface area contributed by atoms with E-state index < -0.39 is 0 Å². The second kappa shape index (κ2) is 9.44. The van der Waals surface area contributed by atoms with Gasteiger partial charge in [0, 0.05) is 58.3 Å². The first-order valence-corrected chi connectivity index (χ1v) is 12.7. The number of hydrogen-bond donors (Lipinski definition) is 3. The number of piperidine rings is 1. The van der Waals surface area contributed by atoms with Gasteiger partial charge in [-0.1, -0.05) is 0 Å². The molecule has 180 valence electrons. The van der Waals surface area contributed by atoms with Gasteiger partial charge in [-0.15, -0.1) is 0 Å². The van der Waals surface area contributed by atoms with Crippen molar-refractivity contribution in [2.24, 2.45) is 11.8 Å². The lowest BCUT2D eigenvalue weighted by atomic mass is 9.73. The third kappa shape index (κ3) is 4.36. The van der Waals surface area contributed by atoms with Crippen LogP contribution in [0.2, 0.25) is 0 Å². The number of hydrazine groups is 1. The van der Waals surface area contributed by atoms with Crippen LogP contribution in [-0.4, -0.2) is 103 Å². The second-order valence-electron chi connectivity index (χ2n) is 10.6. The lowest BCUT2D eigenvalue weighted by Gasteiger charge is -2.54. The summed E-state index contributed by atoms with van der Waals surface area (Å²) >= 11 is 0. The molecule has 0 radical (unpaired) electrons. The fraction of sp³-hybridized carbons (Fsp3) is 0.913. The molecule has 2 amide bonds. The molecule has 4 saturated heterocycles. The van der Waals surface area contributed by atoms with Gasteiger partial charge in [-0.3, -0.25) is 10.2 Å². The molecule has 4 heterocycles. The van der Waals surface area contributed by atoms with Crippen molar-refractivity contribution in [3.8, 4) is 0 Å². The molecule has 5 rings (SSSR count). The van der Waals surface area contributed by atoms with Crippen molar-refractivity contribution in [3.05, 3.63) is 0 Å². The standard InChI is InChI=1S/C23H40N6O3/c1-15-13-27(23(31)32-20-4-3-7-24-12-20)22-8-17(5-6-21(22)29(15)16(2)30)18-9-26-28(14-18)19-10-25-11-19/h15,17-22,24-26H,3-14H2,1-2H3/t15-,17?,18?,20?,21?,22?/m0/s1. The molecule has 5 aliphatic rings. The van der Waals surface area contributed by atoms with Crippen molar-refractivity contribution >= 4 is 12.0 Å². The Morgan fingerprint density at radius 2 is 1.78 bits per heavy atom. The van der Waals surface area contributed by atoms with Crippen LogP contribution in [0.25, 0.3) is 0 Å². The van der Waals surface area contributed by atoms with Crippen molar-refractivity contribution in [1.82, 2.24) is 30.9 Å². The highest BCUT2D eigenvalue weighted by atomic mass is 16.6. The molecule has 0 aromatic rings. The van der Waals surface area contributed by atoms with Gasteiger partial charge < -0.3 is 25.2 Å². The SMILES string of the molecule is CC(=O)N1C2CCC(C3CNN(C4CNC4)C3)CC2N(C(=O)OC2CCCNC2)C[C@@H]1C. The van der Waals surface area contributed by atoms with E-state index in [2.05, 4.69) is 28.0 Å². The van der Waals surface area contributed by atoms with Crippen LogP contribution in [0.1, 0.15) is 46.0 Å². The minimum absolute atomic E-state index is 0.0251. The quantitative estimate of drug-likeness (QED) is 0.575. The number of amides is 2. The average Bonchev–Trinajstić information content (AvgIpc) is 3.21. The first-order chi connectivity index (χ1) is 15.5. The molecule has 9 nitrogen and oxygen atoms in total. The summed E-state index contributed by atoms with van der Waals surface area (Å²) in [6.07, 6.45) is 4.80. The highest BCUT2D eigenvalue weighted by molar-refractivity contribution is 5.75. The predicted octanol–water partition coefficient (Wildman–Crippen LogP) is 0.373. The average molecular weight is 449 g/mol. The maximum atomic E-state index is 13.3. The topological polar surface area (TPSA) is 89.2 Å². The Hall–Kier alpha value is -1.42. The van der Waals surface area contributed by atoms with Crippen molar-refractivity contribution in [2.75, 3.05) is 45.8 Å². The van der Waals surface area contributed by atoms with Crippen molar-refractivity contribution in [2.45, 2.75) is 76.2 Å². The number of piperazine rings is 1. The third-order valence-electron chi connectivity index (χ3n) is 8.49. The number of ether oxygens (including phenoxy) is 1. The third-order valence-corrected chi connectivity index (χ3v) is 8.49. The molecular formula is C23H40N6O3. The van der Waals surface area contributed by atoms with Gasteiger partial charge in [-0.2, -0.15) is 0 Å². The summed E-state index contributed by atoms with van der Waals surface area (Å²) in [5.41, 5.74) is 3.62. The molecular weight excluding hydrogens is 408 g/mol. The number of fused-ring (bicyclic) bond motifs is 1. The number of rotatable bonds is 3. The van der Waals surface area contributed by atoms with Crippen LogP contribution in [-0.2, 0) is 9.53 Å². The summed E-state index contributed by atoms with van der Waals surface area (Å²) in [5.74, 6) is 1.29. The van der Waals surface area contributed by atoms with E-state index in [4.69, 9.17) is 4.74 Å². The number of nitrogens with one attached hydrogen (secondary N) is 3. The Bertz CT molecular complexity index is 697. The van der Waals surface area contributed by atoms with Gasteiger partial charge in [0.2, 0.25) is 5.91 Å². The molecule has 0 bridgehead atoms. The summed E-state index contributed by atoms with van der Waals surface area (Å²) < 4.78 is 5.95. The lowest BCUT2D eigenvalue weighted by Crippen LogP contribution is -2.67. The molecule has 9 heteroatoms. The number of carbonyl (C=O) groups is 2. The molecule has 3 N–H and O–H groups in total. The van der Waals surface area contributed by atoms with Crippen LogP contribution < -0.4 is 16.1 Å². The fourth-order valence-electron chi connectivity index (χ4n) is 6.67. The van der Waals surface area contributed by atoms with Crippen LogP contribution >= 0.6 is 0 Å². The summed E-state index contributed by atoms with van der Waals surface area (Å²) in [6.45, 7) is 10.3. The summed E-state index contributed by atoms with van der Waals surface area (Å²) in [4.78, 5) is 29.8. The molecule has 0 aromatic heterocycles. The Morgan fingerprint density at radius 3 is 2.47 bits per heavy atom. The molecule has 1 aliphatic carbocycles. The minimum atomic E-state index is -0.184. The Kier molecular flexibility index (Phi) is 6.60. The number of carbonyl (C=O) groups excluding carboxylic acids is 2. The van der Waals surface area contributed by atoms with Crippen molar-refractivity contribution in [3.63, 3.8) is 0 Å². The molecule has 0 spiro atoms. The molecule has 32 heavy (non-hydrogen) atoms. The molecule has 4 aliphatic heterocycles. The zero-order valence-corrected chi connectivity index (χ0v) is 19.6. The lowest BCUT2D eigenvalue weighted by molar-refractivity contribution is -0.142. The van der Waals surface area contributed by atoms with E-state index in [-0.39, 0.29) is 36.2 Å². The van der Waals surface area contributed by atoms with E-state index in [0.29, 0.717) is 24.4 Å². The van der Waals surface area contributed by atoms with Crippen LogP contribution in [0.4, 0.5) is 4.79 Å². The van der Waals surface area contributed by atoms with E-state index in [1.54, 1.807) is 6.92 Å². The van der Waals surface area contributed by atoms with Crippen molar-refractivity contribution in [1.29, 1.82) is 0 Å². The largest absolute Gasteiger partial charge is 0.445 e. The first kappa shape index (κ1) is 22.4. The van der Waals surface area contributed by atoms with Crippen molar-refractivity contribution < 1.29 is 14.3 Å². The summed E-state index contributed by atoms with van der Waals surface area (Å²) in [7, 11) is 0. The van der Waals surface area contributed by atoms with Crippen LogP contribution in [0.15, 0.2) is 0 Å². The number of hydrogen-bond acceptors (Lipinski definition) is 7. The fourth-order valence-corrected chi connectivity index (χ4v) is 6.67. The van der Waals surface area contributed by atoms with Gasteiger partial charge >= 0.3 is 6.09 Å². The summed E-state index contributed by atoms with van der Waals surface area (Å²) in [5, 5.41) is 9.11. The maximum absolute atomic E-state index is 13.3. The maximum Gasteiger partial charge on any atom is 0.410 e. The highest BCUT2D eigenvalue weighted by Crippen LogP contribution is 2.40. The van der Waals surface area contributed by atoms with Gasteiger partial charge in [0.25, 0.3) is 0 Å². The molecule has 5 unspecified atom stereocenters. The molecule has 5 fully saturated rings. The van der Waals surface area contributed by atoms with Gasteiger partial charge in [-0.05, 0) is 57.4 Å². The van der Waals surface area contributed by atoms with Gasteiger partial charge in [-0.25, -0.2) is 9.80 Å². The molecule has 6 atom stereocenters. The van der Waals surface area contributed by atoms with E-state index in [9.17, 15) is 9.59 Å². The van der Waals surface area contributed by atoms with E-state index >= 15 is 0 Å². The van der Waals surface area contributed by atoms with Gasteiger partial charge in [0.1, 0.15) is 6.10 Å². The Labute approximate surface area is 191 Å². The number of nitrogens with zero attached hydrogens (tertiary/aromatic N) is 3. The molecule has 1 saturated carbocycles. The zero-order chi connectivity index (χ0) is 22.2. The first-order valence-electron chi connectivity index (χ1n) is 12.7. The van der Waals surface area contributed by atoms with E-state index in [1.165, 1.54) is 0 Å². The predicted molar refractivity (Wildman–Crippen MR) is 121 cm³/mol. The van der Waals surface area contributed by atoms with Crippen LogP contribution in [0, 0.1) is 11.8 Å². The summed E-state index contributed by atoms with van der Waals surface area (Å²) in [6, 6.07) is 0.788. The van der Waals surface area contributed by atoms with Gasteiger partial charge in [0.15, 0.2) is 0 Å². The van der Waals surface area contributed by atoms with E-state index in [1.807, 2.05) is 9.80 Å². The highest BCUT2D eigenvalue weighted by Gasteiger charge is 2.49.